The zero-order valence-electron chi connectivity index (χ0n) is 14.4. The minimum atomic E-state index is -0.362. The van der Waals surface area contributed by atoms with Crippen LogP contribution in [0.1, 0.15) is 66.2 Å². The zero-order chi connectivity index (χ0) is 16.3. The summed E-state index contributed by atoms with van der Waals surface area (Å²) in [5, 5.41) is 3.10. The summed E-state index contributed by atoms with van der Waals surface area (Å²) in [5.74, 6) is 0.00972. The van der Waals surface area contributed by atoms with Crippen LogP contribution in [0.25, 0.3) is 0 Å². The van der Waals surface area contributed by atoms with Crippen LogP contribution < -0.4 is 5.32 Å². The number of allylic oxidation sites excluding steroid dienone is 2. The molecule has 0 aromatic carbocycles. The van der Waals surface area contributed by atoms with E-state index in [1.54, 1.807) is 0 Å². The van der Waals surface area contributed by atoms with Crippen molar-refractivity contribution >= 4 is 11.8 Å². The van der Waals surface area contributed by atoms with Gasteiger partial charge in [0.2, 0.25) is 11.8 Å². The number of rotatable bonds is 3. The van der Waals surface area contributed by atoms with E-state index in [2.05, 4.69) is 25.2 Å². The molecule has 1 aliphatic heterocycles. The highest BCUT2D eigenvalue weighted by atomic mass is 16.2. The SMILES string of the molecule is CC(C)C(=O)N1CCCC(C)(C)[C@@H]1C(=O)NC1=CCCCC1. The number of nitrogens with zero attached hydrogens (tertiary/aromatic N) is 1. The van der Waals surface area contributed by atoms with Gasteiger partial charge in [0.1, 0.15) is 6.04 Å². The summed E-state index contributed by atoms with van der Waals surface area (Å²) in [6, 6.07) is -0.362. The molecule has 0 unspecified atom stereocenters. The maximum atomic E-state index is 12.9. The molecule has 2 aliphatic rings. The first-order chi connectivity index (χ1) is 10.3. The van der Waals surface area contributed by atoms with Gasteiger partial charge in [0.15, 0.2) is 0 Å². The van der Waals surface area contributed by atoms with Crippen molar-refractivity contribution in [2.24, 2.45) is 11.3 Å². The lowest BCUT2D eigenvalue weighted by Gasteiger charge is -2.46. The molecule has 1 atom stereocenters. The molecule has 2 amide bonds. The number of piperidine rings is 1. The zero-order valence-corrected chi connectivity index (χ0v) is 14.4. The molecular formula is C18H30N2O2. The van der Waals surface area contributed by atoms with Crippen molar-refractivity contribution in [3.05, 3.63) is 11.8 Å². The molecule has 1 heterocycles. The van der Waals surface area contributed by atoms with Crippen molar-refractivity contribution in [3.63, 3.8) is 0 Å². The molecular weight excluding hydrogens is 276 g/mol. The fourth-order valence-electron chi connectivity index (χ4n) is 3.64. The number of nitrogens with one attached hydrogen (secondary N) is 1. The number of amides is 2. The Morgan fingerprint density at radius 1 is 1.27 bits per heavy atom. The van der Waals surface area contributed by atoms with E-state index in [0.717, 1.165) is 37.8 Å². The predicted molar refractivity (Wildman–Crippen MR) is 88.0 cm³/mol. The van der Waals surface area contributed by atoms with Gasteiger partial charge in [0, 0.05) is 18.2 Å². The van der Waals surface area contributed by atoms with Gasteiger partial charge in [-0.2, -0.15) is 0 Å². The second-order valence-corrected chi connectivity index (χ2v) is 7.65. The minimum Gasteiger partial charge on any atom is -0.330 e. The average molecular weight is 306 g/mol. The van der Waals surface area contributed by atoms with Crippen molar-refractivity contribution in [1.29, 1.82) is 0 Å². The fraction of sp³-hybridized carbons (Fsp3) is 0.778. The van der Waals surface area contributed by atoms with Crippen LogP contribution in [0.4, 0.5) is 0 Å². The van der Waals surface area contributed by atoms with Gasteiger partial charge in [0.25, 0.3) is 0 Å². The van der Waals surface area contributed by atoms with Crippen LogP contribution in [0.3, 0.4) is 0 Å². The molecule has 1 N–H and O–H groups in total. The minimum absolute atomic E-state index is 0.00755. The molecule has 1 saturated heterocycles. The normalized spacial score (nSPS) is 24.9. The molecule has 4 heteroatoms. The quantitative estimate of drug-likeness (QED) is 0.870. The van der Waals surface area contributed by atoms with Crippen LogP contribution in [0.2, 0.25) is 0 Å². The molecule has 22 heavy (non-hydrogen) atoms. The molecule has 124 valence electrons. The summed E-state index contributed by atoms with van der Waals surface area (Å²) >= 11 is 0. The molecule has 0 bridgehead atoms. The fourth-order valence-corrected chi connectivity index (χ4v) is 3.64. The van der Waals surface area contributed by atoms with E-state index in [1.807, 2.05) is 18.7 Å². The van der Waals surface area contributed by atoms with Crippen molar-refractivity contribution in [1.82, 2.24) is 10.2 Å². The van der Waals surface area contributed by atoms with Crippen LogP contribution >= 0.6 is 0 Å². The summed E-state index contributed by atoms with van der Waals surface area (Å²) in [6.45, 7) is 8.71. The van der Waals surface area contributed by atoms with Gasteiger partial charge in [-0.05, 0) is 43.9 Å². The Bertz CT molecular complexity index is 466. The Morgan fingerprint density at radius 2 is 2.00 bits per heavy atom. The van der Waals surface area contributed by atoms with Crippen molar-refractivity contribution in [2.75, 3.05) is 6.54 Å². The number of carbonyl (C=O) groups excluding carboxylic acids is 2. The summed E-state index contributed by atoms with van der Waals surface area (Å²) in [4.78, 5) is 27.2. The third-order valence-corrected chi connectivity index (χ3v) is 4.87. The highest BCUT2D eigenvalue weighted by Crippen LogP contribution is 2.36. The van der Waals surface area contributed by atoms with Gasteiger partial charge in [-0.1, -0.05) is 33.8 Å². The first-order valence-electron chi connectivity index (χ1n) is 8.63. The molecule has 0 radical (unpaired) electrons. The lowest BCUT2D eigenvalue weighted by atomic mass is 9.75. The van der Waals surface area contributed by atoms with Crippen LogP contribution in [0.15, 0.2) is 11.8 Å². The Morgan fingerprint density at radius 3 is 2.59 bits per heavy atom. The molecule has 0 saturated carbocycles. The molecule has 0 spiro atoms. The van der Waals surface area contributed by atoms with E-state index in [-0.39, 0.29) is 29.2 Å². The third-order valence-electron chi connectivity index (χ3n) is 4.87. The van der Waals surface area contributed by atoms with E-state index in [0.29, 0.717) is 6.54 Å². The van der Waals surface area contributed by atoms with Crippen LogP contribution in [0.5, 0.6) is 0 Å². The van der Waals surface area contributed by atoms with Gasteiger partial charge in [-0.15, -0.1) is 0 Å². The van der Waals surface area contributed by atoms with Gasteiger partial charge < -0.3 is 10.2 Å². The van der Waals surface area contributed by atoms with Crippen molar-refractivity contribution < 1.29 is 9.59 Å². The summed E-state index contributed by atoms with van der Waals surface area (Å²) in [5.41, 5.74) is 0.858. The molecule has 0 aromatic heterocycles. The van der Waals surface area contributed by atoms with E-state index in [1.165, 1.54) is 6.42 Å². The Balaban J connectivity index is 2.18. The topological polar surface area (TPSA) is 49.4 Å². The third kappa shape index (κ3) is 3.71. The number of likely N-dealkylation sites (tertiary alicyclic amines) is 1. The summed E-state index contributed by atoms with van der Waals surface area (Å²) < 4.78 is 0. The maximum absolute atomic E-state index is 12.9. The monoisotopic (exact) mass is 306 g/mol. The molecule has 1 fully saturated rings. The van der Waals surface area contributed by atoms with Crippen LogP contribution in [0, 0.1) is 11.3 Å². The molecule has 4 nitrogen and oxygen atoms in total. The van der Waals surface area contributed by atoms with E-state index in [4.69, 9.17) is 0 Å². The molecule has 0 aromatic rings. The first-order valence-corrected chi connectivity index (χ1v) is 8.63. The molecule has 1 aliphatic carbocycles. The van der Waals surface area contributed by atoms with E-state index < -0.39 is 0 Å². The second-order valence-electron chi connectivity index (χ2n) is 7.65. The Labute approximate surface area is 134 Å². The van der Waals surface area contributed by atoms with E-state index >= 15 is 0 Å². The standard InChI is InChI=1S/C18H30N2O2/c1-13(2)17(22)20-12-8-11-18(3,4)15(20)16(21)19-14-9-6-5-7-10-14/h9,13,15H,5-8,10-12H2,1-4H3,(H,19,21)/t15-/m0/s1. The highest BCUT2D eigenvalue weighted by molar-refractivity contribution is 5.90. The maximum Gasteiger partial charge on any atom is 0.247 e. The number of hydrogen-bond acceptors (Lipinski definition) is 2. The van der Waals surface area contributed by atoms with Gasteiger partial charge in [-0.3, -0.25) is 9.59 Å². The van der Waals surface area contributed by atoms with Gasteiger partial charge in [-0.25, -0.2) is 0 Å². The Hall–Kier alpha value is -1.32. The summed E-state index contributed by atoms with van der Waals surface area (Å²) in [6.07, 6.45) is 8.40. The van der Waals surface area contributed by atoms with Crippen LogP contribution in [-0.4, -0.2) is 29.3 Å². The molecule has 2 rings (SSSR count). The predicted octanol–water partition coefficient (Wildman–Crippen LogP) is 3.23. The van der Waals surface area contributed by atoms with Crippen molar-refractivity contribution in [2.45, 2.75) is 72.3 Å². The smallest absolute Gasteiger partial charge is 0.247 e. The van der Waals surface area contributed by atoms with Crippen molar-refractivity contribution in [3.8, 4) is 0 Å². The second kappa shape index (κ2) is 6.84. The lowest BCUT2D eigenvalue weighted by molar-refractivity contribution is -0.150. The average Bonchev–Trinajstić information content (AvgIpc) is 2.45. The number of hydrogen-bond donors (Lipinski definition) is 1. The Kier molecular flexibility index (Phi) is 5.30. The number of carbonyl (C=O) groups is 2. The lowest BCUT2D eigenvalue weighted by Crippen LogP contribution is -2.59. The highest BCUT2D eigenvalue weighted by Gasteiger charge is 2.44. The first kappa shape index (κ1) is 17.0. The van der Waals surface area contributed by atoms with Crippen LogP contribution in [-0.2, 0) is 9.59 Å². The largest absolute Gasteiger partial charge is 0.330 e. The van der Waals surface area contributed by atoms with E-state index in [9.17, 15) is 9.59 Å². The van der Waals surface area contributed by atoms with Gasteiger partial charge in [0.05, 0.1) is 0 Å². The van der Waals surface area contributed by atoms with Gasteiger partial charge >= 0.3 is 0 Å². The summed E-state index contributed by atoms with van der Waals surface area (Å²) in [7, 11) is 0.